The highest BCUT2D eigenvalue weighted by molar-refractivity contribution is 6.60. The fourth-order valence-electron chi connectivity index (χ4n) is 2.49. The highest BCUT2D eigenvalue weighted by Gasteiger charge is 2.39. The number of amides is 1. The number of nitrogens with one attached hydrogen (secondary N) is 1. The van der Waals surface area contributed by atoms with Crippen molar-refractivity contribution < 1.29 is 22.8 Å². The van der Waals surface area contributed by atoms with Gasteiger partial charge in [-0.15, -0.1) is 0 Å². The molecular formula is C17H31NO5Si. The molecule has 0 aromatic heterocycles. The van der Waals surface area contributed by atoms with Crippen LogP contribution in [0.25, 0.3) is 0 Å². The van der Waals surface area contributed by atoms with Crippen molar-refractivity contribution in [2.75, 3.05) is 33.0 Å². The summed E-state index contributed by atoms with van der Waals surface area (Å²) < 4.78 is 22.6. The lowest BCUT2D eigenvalue weighted by atomic mass is 10.0. The zero-order valence-electron chi connectivity index (χ0n) is 15.1. The molecule has 0 aromatic rings. The zero-order valence-corrected chi connectivity index (χ0v) is 16.1. The van der Waals surface area contributed by atoms with E-state index in [0.29, 0.717) is 39.0 Å². The summed E-state index contributed by atoms with van der Waals surface area (Å²) >= 11 is 0. The van der Waals surface area contributed by atoms with E-state index in [0.717, 1.165) is 12.8 Å². The summed E-state index contributed by atoms with van der Waals surface area (Å²) in [4.78, 5) is 11.7. The second-order valence-corrected chi connectivity index (χ2v) is 8.15. The van der Waals surface area contributed by atoms with E-state index in [1.54, 1.807) is 0 Å². The Morgan fingerprint density at radius 2 is 1.79 bits per heavy atom. The Bertz CT molecular complexity index is 397. The van der Waals surface area contributed by atoms with Gasteiger partial charge in [0.05, 0.1) is 6.61 Å². The fourth-order valence-corrected chi connectivity index (χ4v) is 5.10. The van der Waals surface area contributed by atoms with Crippen molar-refractivity contribution in [2.45, 2.75) is 39.7 Å². The summed E-state index contributed by atoms with van der Waals surface area (Å²) in [5, 5.41) is 2.77. The van der Waals surface area contributed by atoms with Gasteiger partial charge in [0.1, 0.15) is 0 Å². The predicted molar refractivity (Wildman–Crippen MR) is 95.8 cm³/mol. The van der Waals surface area contributed by atoms with Gasteiger partial charge in [0.15, 0.2) is 0 Å². The van der Waals surface area contributed by atoms with Crippen LogP contribution in [-0.2, 0) is 18.0 Å². The molecule has 6 nitrogen and oxygen atoms in total. The van der Waals surface area contributed by atoms with Crippen molar-refractivity contribution in [1.82, 2.24) is 5.32 Å². The number of alkyl carbamates (subject to hydrolysis) is 1. The average Bonchev–Trinajstić information content (AvgIpc) is 2.59. The van der Waals surface area contributed by atoms with Gasteiger partial charge in [0.25, 0.3) is 0 Å². The average molecular weight is 358 g/mol. The standard InChI is InChI=1S/C17H31NO5Si/c1-4-21-24(22-5-2,23-6-3)14-10-13-18-17(19)20-15-16-11-8-7-9-12-16/h7-9,11,16H,4-6,10,12-15H2,1-3H3,(H,18,19). The Hall–Kier alpha value is -1.15. The minimum absolute atomic E-state index is 0.273. The molecule has 1 rings (SSSR count). The molecule has 1 amide bonds. The molecule has 0 radical (unpaired) electrons. The normalized spacial score (nSPS) is 17.0. The van der Waals surface area contributed by atoms with Crippen LogP contribution in [0.4, 0.5) is 4.79 Å². The molecule has 0 saturated carbocycles. The maximum Gasteiger partial charge on any atom is 0.500 e. The third kappa shape index (κ3) is 8.10. The number of carbonyl (C=O) groups excluding carboxylic acids is 1. The molecule has 24 heavy (non-hydrogen) atoms. The Kier molecular flexibility index (Phi) is 10.7. The van der Waals surface area contributed by atoms with Gasteiger partial charge in [0, 0.05) is 38.3 Å². The molecule has 1 aliphatic carbocycles. The van der Waals surface area contributed by atoms with Gasteiger partial charge in [0.2, 0.25) is 0 Å². The Morgan fingerprint density at radius 1 is 1.12 bits per heavy atom. The third-order valence-corrected chi connectivity index (χ3v) is 6.67. The van der Waals surface area contributed by atoms with Crippen LogP contribution in [0.2, 0.25) is 6.04 Å². The molecule has 7 heteroatoms. The SMILES string of the molecule is CCO[Si](CCCNC(=O)OCC1C=CC=CC1)(OCC)OCC. The Labute approximate surface area is 146 Å². The molecule has 0 bridgehead atoms. The Morgan fingerprint density at radius 3 is 2.33 bits per heavy atom. The van der Waals surface area contributed by atoms with E-state index in [1.165, 1.54) is 0 Å². The van der Waals surface area contributed by atoms with Crippen LogP contribution in [0.5, 0.6) is 0 Å². The third-order valence-electron chi connectivity index (χ3n) is 3.52. The first kappa shape index (κ1) is 20.9. The highest BCUT2D eigenvalue weighted by Crippen LogP contribution is 2.18. The molecule has 1 atom stereocenters. The first-order valence-corrected chi connectivity index (χ1v) is 10.7. The molecule has 0 fully saturated rings. The van der Waals surface area contributed by atoms with Gasteiger partial charge in [-0.3, -0.25) is 0 Å². The van der Waals surface area contributed by atoms with E-state index in [9.17, 15) is 4.79 Å². The summed E-state index contributed by atoms with van der Waals surface area (Å²) in [6, 6.07) is 0.680. The maximum atomic E-state index is 11.7. The van der Waals surface area contributed by atoms with Crippen molar-refractivity contribution in [3.05, 3.63) is 24.3 Å². The van der Waals surface area contributed by atoms with Crippen LogP contribution >= 0.6 is 0 Å². The molecule has 0 heterocycles. The predicted octanol–water partition coefficient (Wildman–Crippen LogP) is 3.28. The molecule has 0 aromatic carbocycles. The smallest absolute Gasteiger partial charge is 0.449 e. The number of carbonyl (C=O) groups is 1. The van der Waals surface area contributed by atoms with Crippen LogP contribution in [0, 0.1) is 5.92 Å². The van der Waals surface area contributed by atoms with Crippen LogP contribution in [-0.4, -0.2) is 47.9 Å². The highest BCUT2D eigenvalue weighted by atomic mass is 28.4. The molecule has 1 aliphatic rings. The summed E-state index contributed by atoms with van der Waals surface area (Å²) in [5.41, 5.74) is 0. The maximum absolute atomic E-state index is 11.7. The molecule has 138 valence electrons. The van der Waals surface area contributed by atoms with Crippen molar-refractivity contribution >= 4 is 14.9 Å². The zero-order chi connectivity index (χ0) is 17.7. The van der Waals surface area contributed by atoms with E-state index in [2.05, 4.69) is 17.5 Å². The van der Waals surface area contributed by atoms with Gasteiger partial charge >= 0.3 is 14.9 Å². The largest absolute Gasteiger partial charge is 0.500 e. The molecule has 0 saturated heterocycles. The lowest BCUT2D eigenvalue weighted by Gasteiger charge is -2.28. The minimum atomic E-state index is -2.62. The quantitative estimate of drug-likeness (QED) is 0.429. The monoisotopic (exact) mass is 357 g/mol. The summed E-state index contributed by atoms with van der Waals surface area (Å²) in [5.74, 6) is 0.273. The molecule has 1 unspecified atom stereocenters. The second-order valence-electron chi connectivity index (χ2n) is 5.42. The topological polar surface area (TPSA) is 66.0 Å². The molecular weight excluding hydrogens is 326 g/mol. The van der Waals surface area contributed by atoms with Crippen molar-refractivity contribution in [1.29, 1.82) is 0 Å². The van der Waals surface area contributed by atoms with Crippen LogP contribution in [0.3, 0.4) is 0 Å². The first-order valence-electron chi connectivity index (χ1n) is 8.81. The van der Waals surface area contributed by atoms with Crippen LogP contribution in [0.1, 0.15) is 33.6 Å². The van der Waals surface area contributed by atoms with Gasteiger partial charge in [-0.25, -0.2) is 4.79 Å². The fraction of sp³-hybridized carbons (Fsp3) is 0.706. The van der Waals surface area contributed by atoms with Crippen molar-refractivity contribution in [3.63, 3.8) is 0 Å². The number of ether oxygens (including phenoxy) is 1. The van der Waals surface area contributed by atoms with Crippen LogP contribution < -0.4 is 5.32 Å². The Balaban J connectivity index is 2.24. The molecule has 1 N–H and O–H groups in total. The lowest BCUT2D eigenvalue weighted by molar-refractivity contribution is 0.0706. The molecule has 0 aliphatic heterocycles. The first-order chi connectivity index (χ1) is 11.7. The second kappa shape index (κ2) is 12.2. The van der Waals surface area contributed by atoms with Gasteiger partial charge in [-0.2, -0.15) is 0 Å². The molecule has 0 spiro atoms. The van der Waals surface area contributed by atoms with E-state index in [4.69, 9.17) is 18.0 Å². The van der Waals surface area contributed by atoms with Crippen LogP contribution in [0.15, 0.2) is 24.3 Å². The van der Waals surface area contributed by atoms with Gasteiger partial charge in [-0.1, -0.05) is 24.3 Å². The number of hydrogen-bond donors (Lipinski definition) is 1. The lowest BCUT2D eigenvalue weighted by Crippen LogP contribution is -2.46. The summed E-state index contributed by atoms with van der Waals surface area (Å²) in [7, 11) is -2.62. The summed E-state index contributed by atoms with van der Waals surface area (Å²) in [6.45, 7) is 8.41. The van der Waals surface area contributed by atoms with E-state index >= 15 is 0 Å². The van der Waals surface area contributed by atoms with E-state index in [-0.39, 0.29) is 12.0 Å². The number of rotatable bonds is 12. The van der Waals surface area contributed by atoms with Crippen molar-refractivity contribution in [3.8, 4) is 0 Å². The number of hydrogen-bond acceptors (Lipinski definition) is 5. The van der Waals surface area contributed by atoms with Gasteiger partial charge < -0.3 is 23.3 Å². The minimum Gasteiger partial charge on any atom is -0.449 e. The number of allylic oxidation sites excluding steroid dienone is 3. The van der Waals surface area contributed by atoms with E-state index < -0.39 is 8.80 Å². The van der Waals surface area contributed by atoms with Gasteiger partial charge in [-0.05, 0) is 33.6 Å². The summed E-state index contributed by atoms with van der Waals surface area (Å²) in [6.07, 6.45) is 9.37. The van der Waals surface area contributed by atoms with E-state index in [1.807, 2.05) is 32.9 Å². The van der Waals surface area contributed by atoms with Crippen molar-refractivity contribution in [2.24, 2.45) is 5.92 Å².